The van der Waals surface area contributed by atoms with E-state index < -0.39 is 10.0 Å². The molecule has 0 spiro atoms. The van der Waals surface area contributed by atoms with Gasteiger partial charge in [-0.25, -0.2) is 8.42 Å². The predicted molar refractivity (Wildman–Crippen MR) is 79.6 cm³/mol. The van der Waals surface area contributed by atoms with Crippen LogP contribution < -0.4 is 0 Å². The van der Waals surface area contributed by atoms with Gasteiger partial charge in [0.25, 0.3) is 0 Å². The molecule has 0 N–H and O–H groups in total. The monoisotopic (exact) mass is 331 g/mol. The van der Waals surface area contributed by atoms with Gasteiger partial charge < -0.3 is 4.74 Å². The van der Waals surface area contributed by atoms with Crippen molar-refractivity contribution in [1.82, 2.24) is 14.2 Å². The maximum atomic E-state index is 12.1. The highest BCUT2D eigenvalue weighted by Crippen LogP contribution is 2.26. The van der Waals surface area contributed by atoms with Gasteiger partial charge in [-0.3, -0.25) is 9.88 Å². The molecule has 2 aliphatic rings. The molecule has 2 fully saturated rings. The fourth-order valence-electron chi connectivity index (χ4n) is 2.90. The smallest absolute Gasteiger partial charge is 0.216 e. The average Bonchev–Trinajstić information content (AvgIpc) is 2.79. The number of aromatic nitrogens is 1. The van der Waals surface area contributed by atoms with Crippen molar-refractivity contribution < 1.29 is 13.2 Å². The standard InChI is InChI=1S/C13H18ClN3O3S/c1-16-12-8-17(7-10-2-3-15-6-11(10)14)9-13(12)20-4-5-21(16,18)19/h2-3,6,12-13H,4-5,7-9H2,1H3/t12-,13+/m1/s1. The van der Waals surface area contributed by atoms with E-state index in [0.717, 1.165) is 5.56 Å². The van der Waals surface area contributed by atoms with Crippen molar-refractivity contribution in [1.29, 1.82) is 0 Å². The number of hydrogen-bond donors (Lipinski definition) is 0. The number of nitrogens with zero attached hydrogens (tertiary/aromatic N) is 3. The topological polar surface area (TPSA) is 62.7 Å². The Morgan fingerprint density at radius 2 is 2.29 bits per heavy atom. The van der Waals surface area contributed by atoms with Crippen LogP contribution >= 0.6 is 11.6 Å². The highest BCUT2D eigenvalue weighted by molar-refractivity contribution is 7.89. The van der Waals surface area contributed by atoms with Crippen LogP contribution in [0.5, 0.6) is 0 Å². The van der Waals surface area contributed by atoms with Crippen molar-refractivity contribution in [2.24, 2.45) is 0 Å². The Kier molecular flexibility index (Phi) is 4.20. The molecule has 2 atom stereocenters. The molecule has 0 aliphatic carbocycles. The van der Waals surface area contributed by atoms with Gasteiger partial charge in [0, 0.05) is 39.1 Å². The van der Waals surface area contributed by atoms with Crippen molar-refractivity contribution in [2.75, 3.05) is 32.5 Å². The zero-order chi connectivity index (χ0) is 15.0. The molecule has 0 unspecified atom stereocenters. The van der Waals surface area contributed by atoms with Gasteiger partial charge in [-0.2, -0.15) is 4.31 Å². The second-order valence-electron chi connectivity index (χ2n) is 5.47. The number of ether oxygens (including phenoxy) is 1. The van der Waals surface area contributed by atoms with Crippen molar-refractivity contribution in [3.05, 3.63) is 29.0 Å². The zero-order valence-corrected chi connectivity index (χ0v) is 13.3. The van der Waals surface area contributed by atoms with E-state index in [1.807, 2.05) is 6.07 Å². The largest absolute Gasteiger partial charge is 0.374 e. The number of halogens is 1. The first-order chi connectivity index (χ1) is 9.97. The number of likely N-dealkylation sites (N-methyl/N-ethyl adjacent to an activating group) is 1. The first-order valence-corrected chi connectivity index (χ1v) is 8.84. The minimum Gasteiger partial charge on any atom is -0.374 e. The van der Waals surface area contributed by atoms with E-state index in [2.05, 4.69) is 9.88 Å². The quantitative estimate of drug-likeness (QED) is 0.793. The number of pyridine rings is 1. The maximum absolute atomic E-state index is 12.1. The molecule has 0 saturated carbocycles. The molecule has 3 heterocycles. The summed E-state index contributed by atoms with van der Waals surface area (Å²) in [6, 6.07) is 1.76. The summed E-state index contributed by atoms with van der Waals surface area (Å²) in [4.78, 5) is 6.15. The van der Waals surface area contributed by atoms with Gasteiger partial charge in [-0.05, 0) is 11.6 Å². The Labute approximate surface area is 129 Å². The number of fused-ring (bicyclic) bond motifs is 1. The van der Waals surface area contributed by atoms with E-state index in [1.54, 1.807) is 19.4 Å². The summed E-state index contributed by atoms with van der Waals surface area (Å²) in [5, 5.41) is 0.631. The van der Waals surface area contributed by atoms with Gasteiger partial charge in [-0.15, -0.1) is 0 Å². The zero-order valence-electron chi connectivity index (χ0n) is 11.8. The normalized spacial score (nSPS) is 30.0. The third-order valence-corrected chi connectivity index (χ3v) is 6.31. The van der Waals surface area contributed by atoms with E-state index in [9.17, 15) is 8.42 Å². The van der Waals surface area contributed by atoms with Crippen LogP contribution in [0, 0.1) is 0 Å². The molecule has 3 rings (SSSR count). The highest BCUT2D eigenvalue weighted by Gasteiger charge is 2.42. The lowest BCUT2D eigenvalue weighted by Gasteiger charge is -2.24. The molecule has 0 aromatic carbocycles. The summed E-state index contributed by atoms with van der Waals surface area (Å²) >= 11 is 6.13. The van der Waals surface area contributed by atoms with Crippen LogP contribution in [0.25, 0.3) is 0 Å². The average molecular weight is 332 g/mol. The second-order valence-corrected chi connectivity index (χ2v) is 8.03. The summed E-state index contributed by atoms with van der Waals surface area (Å²) in [6.45, 7) is 2.30. The molecular formula is C13H18ClN3O3S. The second kappa shape index (κ2) is 5.81. The lowest BCUT2D eigenvalue weighted by molar-refractivity contribution is 0.0500. The van der Waals surface area contributed by atoms with Gasteiger partial charge >= 0.3 is 0 Å². The lowest BCUT2D eigenvalue weighted by Crippen LogP contribution is -2.43. The molecule has 2 aliphatic heterocycles. The van der Waals surface area contributed by atoms with Crippen molar-refractivity contribution in [3.63, 3.8) is 0 Å². The maximum Gasteiger partial charge on any atom is 0.216 e. The van der Waals surface area contributed by atoms with Crippen molar-refractivity contribution in [2.45, 2.75) is 18.7 Å². The number of rotatable bonds is 2. The fourth-order valence-corrected chi connectivity index (χ4v) is 4.29. The van der Waals surface area contributed by atoms with Crippen LogP contribution in [0.4, 0.5) is 0 Å². The molecule has 8 heteroatoms. The Balaban J connectivity index is 1.74. The van der Waals surface area contributed by atoms with E-state index in [-0.39, 0.29) is 24.5 Å². The molecule has 0 radical (unpaired) electrons. The van der Waals surface area contributed by atoms with Gasteiger partial charge in [0.1, 0.15) is 0 Å². The Morgan fingerprint density at radius 3 is 3.05 bits per heavy atom. The SMILES string of the molecule is CN1[C@@H]2CN(Cc3ccncc3Cl)C[C@@H]2OCCS1(=O)=O. The van der Waals surface area contributed by atoms with Gasteiger partial charge in [0.2, 0.25) is 10.0 Å². The third kappa shape index (κ3) is 3.07. The molecule has 21 heavy (non-hydrogen) atoms. The van der Waals surface area contributed by atoms with E-state index in [0.29, 0.717) is 24.7 Å². The molecule has 2 saturated heterocycles. The fraction of sp³-hybridized carbons (Fsp3) is 0.615. The van der Waals surface area contributed by atoms with Crippen LogP contribution in [-0.4, -0.2) is 67.2 Å². The minimum atomic E-state index is -3.21. The molecule has 0 bridgehead atoms. The summed E-state index contributed by atoms with van der Waals surface area (Å²) in [7, 11) is -1.57. The Bertz CT molecular complexity index is 625. The molecule has 1 aromatic heterocycles. The lowest BCUT2D eigenvalue weighted by atomic mass is 10.2. The van der Waals surface area contributed by atoms with Crippen LogP contribution in [-0.2, 0) is 21.3 Å². The van der Waals surface area contributed by atoms with Crippen LogP contribution in [0.1, 0.15) is 5.56 Å². The summed E-state index contributed by atoms with van der Waals surface area (Å²) in [6.07, 6.45) is 3.26. The van der Waals surface area contributed by atoms with E-state index in [1.165, 1.54) is 4.31 Å². The van der Waals surface area contributed by atoms with Crippen molar-refractivity contribution in [3.8, 4) is 0 Å². The van der Waals surface area contributed by atoms with Gasteiger partial charge in [0.15, 0.2) is 0 Å². The van der Waals surface area contributed by atoms with E-state index in [4.69, 9.17) is 16.3 Å². The van der Waals surface area contributed by atoms with E-state index >= 15 is 0 Å². The van der Waals surface area contributed by atoms with Gasteiger partial charge in [-0.1, -0.05) is 11.6 Å². The number of sulfonamides is 1. The van der Waals surface area contributed by atoms with Crippen LogP contribution in [0.2, 0.25) is 5.02 Å². The first kappa shape index (κ1) is 15.2. The highest BCUT2D eigenvalue weighted by atomic mass is 35.5. The molecule has 6 nitrogen and oxygen atoms in total. The summed E-state index contributed by atoms with van der Waals surface area (Å²) in [5.74, 6) is 0.0622. The molecule has 116 valence electrons. The van der Waals surface area contributed by atoms with Gasteiger partial charge in [0.05, 0.1) is 29.5 Å². The third-order valence-electron chi connectivity index (χ3n) is 4.14. The van der Waals surface area contributed by atoms with Crippen LogP contribution in [0.15, 0.2) is 18.5 Å². The number of hydrogen-bond acceptors (Lipinski definition) is 5. The van der Waals surface area contributed by atoms with Crippen molar-refractivity contribution >= 4 is 21.6 Å². The molecular weight excluding hydrogens is 314 g/mol. The molecule has 0 amide bonds. The predicted octanol–water partition coefficient (Wildman–Crippen LogP) is 0.580. The van der Waals surface area contributed by atoms with Crippen LogP contribution in [0.3, 0.4) is 0 Å². The summed E-state index contributed by atoms with van der Waals surface area (Å²) < 4.78 is 31.3. The first-order valence-electron chi connectivity index (χ1n) is 6.85. The minimum absolute atomic E-state index is 0.0622. The Hall–Kier alpha value is -0.730. The summed E-state index contributed by atoms with van der Waals surface area (Å²) in [5.41, 5.74) is 0.994. The number of likely N-dealkylation sites (tertiary alicyclic amines) is 1. The molecule has 1 aromatic rings. The Morgan fingerprint density at radius 1 is 1.48 bits per heavy atom.